The third-order valence-corrected chi connectivity index (χ3v) is 3.47. The molecule has 5 heteroatoms. The Morgan fingerprint density at radius 2 is 2.05 bits per heavy atom. The van der Waals surface area contributed by atoms with Crippen LogP contribution in [0.1, 0.15) is 25.3 Å². The first kappa shape index (κ1) is 17.0. The molecule has 1 aliphatic rings. The zero-order valence-corrected chi connectivity index (χ0v) is 12.9. The Labute approximate surface area is 126 Å². The number of hydrogen-bond acceptors (Lipinski definition) is 3. The topological polar surface area (TPSA) is 55.6 Å². The van der Waals surface area contributed by atoms with E-state index in [4.69, 9.17) is 10.5 Å². The highest BCUT2D eigenvalue weighted by Gasteiger charge is 2.33. The van der Waals surface area contributed by atoms with Crippen LogP contribution in [0.4, 0.5) is 0 Å². The third kappa shape index (κ3) is 3.95. The molecule has 1 aromatic rings. The molecule has 0 aromatic heterocycles. The fourth-order valence-corrected chi connectivity index (χ4v) is 2.49. The maximum Gasteiger partial charge on any atom is 0.231 e. The minimum absolute atomic E-state index is 0. The third-order valence-electron chi connectivity index (χ3n) is 3.47. The Balaban J connectivity index is 0.00000200. The van der Waals surface area contributed by atoms with Crippen molar-refractivity contribution in [1.29, 1.82) is 0 Å². The first-order valence-corrected chi connectivity index (χ1v) is 6.71. The number of benzene rings is 1. The van der Waals surface area contributed by atoms with Crippen LogP contribution in [0.25, 0.3) is 0 Å². The van der Waals surface area contributed by atoms with Crippen LogP contribution in [0.2, 0.25) is 0 Å². The van der Waals surface area contributed by atoms with Crippen LogP contribution >= 0.6 is 12.4 Å². The summed E-state index contributed by atoms with van der Waals surface area (Å²) in [5, 5.41) is 0. The average Bonchev–Trinajstić information content (AvgIpc) is 2.39. The van der Waals surface area contributed by atoms with Gasteiger partial charge in [0.05, 0.1) is 18.1 Å². The van der Waals surface area contributed by atoms with Crippen LogP contribution < -0.4 is 5.73 Å². The van der Waals surface area contributed by atoms with Crippen molar-refractivity contribution in [3.63, 3.8) is 0 Å². The van der Waals surface area contributed by atoms with Gasteiger partial charge in [-0.15, -0.1) is 12.4 Å². The molecule has 0 saturated carbocycles. The number of nitrogens with two attached hydrogens (primary N) is 1. The molecule has 1 fully saturated rings. The van der Waals surface area contributed by atoms with Crippen LogP contribution in [0.15, 0.2) is 30.3 Å². The van der Waals surface area contributed by atoms with Gasteiger partial charge < -0.3 is 15.4 Å². The number of halogens is 1. The van der Waals surface area contributed by atoms with Gasteiger partial charge in [-0.05, 0) is 19.4 Å². The Bertz CT molecular complexity index is 437. The van der Waals surface area contributed by atoms with Gasteiger partial charge in [0.1, 0.15) is 0 Å². The summed E-state index contributed by atoms with van der Waals surface area (Å²) in [7, 11) is 0. The predicted octanol–water partition coefficient (Wildman–Crippen LogP) is 1.79. The van der Waals surface area contributed by atoms with Crippen LogP contribution in [0.3, 0.4) is 0 Å². The van der Waals surface area contributed by atoms with E-state index in [1.165, 1.54) is 0 Å². The SMILES string of the molecule is CC1(C)CN(C(=O)C(CN)c2ccccc2)CCO1.Cl. The molecular weight excluding hydrogens is 276 g/mol. The normalized spacial score (nSPS) is 19.1. The molecule has 4 nitrogen and oxygen atoms in total. The number of rotatable bonds is 3. The zero-order chi connectivity index (χ0) is 13.9. The van der Waals surface area contributed by atoms with E-state index in [9.17, 15) is 4.79 Å². The van der Waals surface area contributed by atoms with Gasteiger partial charge in [0.25, 0.3) is 0 Å². The summed E-state index contributed by atoms with van der Waals surface area (Å²) in [5.41, 5.74) is 6.51. The highest BCUT2D eigenvalue weighted by Crippen LogP contribution is 2.22. The average molecular weight is 299 g/mol. The second-order valence-corrected chi connectivity index (χ2v) is 5.57. The lowest BCUT2D eigenvalue weighted by molar-refractivity contribution is -0.147. The Kier molecular flexibility index (Phi) is 5.99. The van der Waals surface area contributed by atoms with Crippen molar-refractivity contribution >= 4 is 18.3 Å². The summed E-state index contributed by atoms with van der Waals surface area (Å²) < 4.78 is 5.64. The molecule has 20 heavy (non-hydrogen) atoms. The van der Waals surface area contributed by atoms with Gasteiger partial charge in [-0.2, -0.15) is 0 Å². The van der Waals surface area contributed by atoms with Crippen molar-refractivity contribution < 1.29 is 9.53 Å². The maximum absolute atomic E-state index is 12.6. The largest absolute Gasteiger partial charge is 0.372 e. The van der Waals surface area contributed by atoms with E-state index in [1.54, 1.807) is 0 Å². The van der Waals surface area contributed by atoms with E-state index in [2.05, 4.69) is 0 Å². The van der Waals surface area contributed by atoms with Gasteiger partial charge in [0.2, 0.25) is 5.91 Å². The predicted molar refractivity (Wildman–Crippen MR) is 82.1 cm³/mol. The molecule has 1 saturated heterocycles. The van der Waals surface area contributed by atoms with Crippen LogP contribution in [-0.4, -0.2) is 42.6 Å². The summed E-state index contributed by atoms with van der Waals surface area (Å²) in [6.07, 6.45) is 0. The molecule has 0 radical (unpaired) electrons. The molecule has 2 N–H and O–H groups in total. The Morgan fingerprint density at radius 1 is 1.40 bits per heavy atom. The van der Waals surface area contributed by atoms with Crippen LogP contribution in [-0.2, 0) is 9.53 Å². The van der Waals surface area contributed by atoms with E-state index < -0.39 is 0 Å². The molecule has 2 rings (SSSR count). The monoisotopic (exact) mass is 298 g/mol. The summed E-state index contributed by atoms with van der Waals surface area (Å²) >= 11 is 0. The summed E-state index contributed by atoms with van der Waals surface area (Å²) in [5.74, 6) is -0.153. The number of hydrogen-bond donors (Lipinski definition) is 1. The lowest BCUT2D eigenvalue weighted by Gasteiger charge is -2.39. The number of nitrogens with zero attached hydrogens (tertiary/aromatic N) is 1. The number of amides is 1. The minimum Gasteiger partial charge on any atom is -0.372 e. The van der Waals surface area contributed by atoms with Crippen molar-refractivity contribution in [1.82, 2.24) is 4.90 Å². The number of ether oxygens (including phenoxy) is 1. The first-order valence-electron chi connectivity index (χ1n) is 6.71. The highest BCUT2D eigenvalue weighted by molar-refractivity contribution is 5.85. The standard InChI is InChI=1S/C15H22N2O2.ClH/c1-15(2)11-17(8-9-19-15)14(18)13(10-16)12-6-4-3-5-7-12;/h3-7,13H,8-11,16H2,1-2H3;1H. The van der Waals surface area contributed by atoms with Crippen LogP contribution in [0, 0.1) is 0 Å². The van der Waals surface area contributed by atoms with E-state index in [1.807, 2.05) is 49.1 Å². The summed E-state index contributed by atoms with van der Waals surface area (Å²) in [6.45, 7) is 6.20. The number of morpholine rings is 1. The van der Waals surface area contributed by atoms with Crippen molar-refractivity contribution in [3.8, 4) is 0 Å². The Hall–Kier alpha value is -1.10. The Morgan fingerprint density at radius 3 is 2.60 bits per heavy atom. The number of carbonyl (C=O) groups is 1. The maximum atomic E-state index is 12.6. The van der Waals surface area contributed by atoms with Crippen LogP contribution in [0.5, 0.6) is 0 Å². The van der Waals surface area contributed by atoms with E-state index in [-0.39, 0.29) is 29.8 Å². The molecular formula is C15H23ClN2O2. The molecule has 1 heterocycles. The van der Waals surface area contributed by atoms with Gasteiger partial charge in [-0.25, -0.2) is 0 Å². The molecule has 1 atom stereocenters. The lowest BCUT2D eigenvalue weighted by atomic mass is 9.96. The van der Waals surface area contributed by atoms with Gasteiger partial charge in [-0.3, -0.25) is 4.79 Å². The quantitative estimate of drug-likeness (QED) is 0.925. The molecule has 0 aliphatic carbocycles. The molecule has 1 unspecified atom stereocenters. The van der Waals surface area contributed by atoms with Crippen molar-refractivity contribution in [2.45, 2.75) is 25.4 Å². The fourth-order valence-electron chi connectivity index (χ4n) is 2.49. The highest BCUT2D eigenvalue weighted by atomic mass is 35.5. The molecule has 1 aliphatic heterocycles. The smallest absolute Gasteiger partial charge is 0.231 e. The lowest BCUT2D eigenvalue weighted by Crippen LogP contribution is -2.52. The molecule has 1 aromatic carbocycles. The van der Waals surface area contributed by atoms with E-state index >= 15 is 0 Å². The minimum atomic E-state index is -0.274. The van der Waals surface area contributed by atoms with Gasteiger partial charge in [-0.1, -0.05) is 30.3 Å². The summed E-state index contributed by atoms with van der Waals surface area (Å²) in [4.78, 5) is 14.5. The first-order chi connectivity index (χ1) is 9.03. The van der Waals surface area contributed by atoms with Gasteiger partial charge >= 0.3 is 0 Å². The number of carbonyl (C=O) groups excluding carboxylic acids is 1. The molecule has 112 valence electrons. The second-order valence-electron chi connectivity index (χ2n) is 5.57. The van der Waals surface area contributed by atoms with E-state index in [0.717, 1.165) is 5.56 Å². The van der Waals surface area contributed by atoms with Crippen molar-refractivity contribution in [2.75, 3.05) is 26.2 Å². The second kappa shape index (κ2) is 7.07. The zero-order valence-electron chi connectivity index (χ0n) is 12.0. The fraction of sp³-hybridized carbons (Fsp3) is 0.533. The van der Waals surface area contributed by atoms with Gasteiger partial charge in [0.15, 0.2) is 0 Å². The molecule has 0 spiro atoms. The van der Waals surface area contributed by atoms with Crippen molar-refractivity contribution in [3.05, 3.63) is 35.9 Å². The van der Waals surface area contributed by atoms with Gasteiger partial charge in [0, 0.05) is 19.6 Å². The molecule has 1 amide bonds. The van der Waals surface area contributed by atoms with E-state index in [0.29, 0.717) is 26.2 Å². The molecule has 0 bridgehead atoms. The summed E-state index contributed by atoms with van der Waals surface area (Å²) in [6, 6.07) is 9.74. The van der Waals surface area contributed by atoms with Crippen molar-refractivity contribution in [2.24, 2.45) is 5.73 Å².